The van der Waals surface area contributed by atoms with Crippen molar-refractivity contribution in [1.29, 1.82) is 0 Å². The van der Waals surface area contributed by atoms with Crippen molar-refractivity contribution in [3.05, 3.63) is 0 Å². The van der Waals surface area contributed by atoms with Crippen LogP contribution in [0.5, 0.6) is 0 Å². The van der Waals surface area contributed by atoms with Gasteiger partial charge in [0.05, 0.1) is 19.3 Å². The van der Waals surface area contributed by atoms with Crippen LogP contribution in [0.15, 0.2) is 0 Å². The summed E-state index contributed by atoms with van der Waals surface area (Å²) in [5.74, 6) is 0.600. The van der Waals surface area contributed by atoms with Gasteiger partial charge in [-0.2, -0.15) is 0 Å². The van der Waals surface area contributed by atoms with Gasteiger partial charge in [0.2, 0.25) is 0 Å². The van der Waals surface area contributed by atoms with Gasteiger partial charge in [-0.15, -0.1) is 0 Å². The van der Waals surface area contributed by atoms with Gasteiger partial charge in [0.25, 0.3) is 0 Å². The second-order valence-corrected chi connectivity index (χ2v) is 6.79. The Balaban J connectivity index is 2.33. The van der Waals surface area contributed by atoms with E-state index in [0.717, 1.165) is 19.8 Å². The molecule has 1 fully saturated rings. The lowest BCUT2D eigenvalue weighted by molar-refractivity contribution is -0.0574. The van der Waals surface area contributed by atoms with E-state index in [2.05, 4.69) is 39.9 Å². The van der Waals surface area contributed by atoms with Crippen LogP contribution in [0.4, 0.5) is 0 Å². The monoisotopic (exact) mass is 271 g/mol. The van der Waals surface area contributed by atoms with E-state index < -0.39 is 0 Å². The number of rotatable bonds is 8. The van der Waals surface area contributed by atoms with E-state index in [1.165, 1.54) is 19.3 Å². The predicted octanol–water partition coefficient (Wildman–Crippen LogP) is 3.23. The number of hydrogen-bond donors (Lipinski definition) is 1. The summed E-state index contributed by atoms with van der Waals surface area (Å²) < 4.78 is 11.7. The molecule has 0 heterocycles. The first-order valence-electron chi connectivity index (χ1n) is 7.90. The molecule has 1 rings (SSSR count). The normalized spacial score (nSPS) is 26.8. The average Bonchev–Trinajstić information content (AvgIpc) is 2.32. The maximum Gasteiger partial charge on any atom is 0.0734 e. The Morgan fingerprint density at radius 2 is 2.00 bits per heavy atom. The zero-order valence-corrected chi connectivity index (χ0v) is 13.5. The molecule has 0 aromatic carbocycles. The molecule has 3 heteroatoms. The lowest BCUT2D eigenvalue weighted by Crippen LogP contribution is -2.53. The van der Waals surface area contributed by atoms with E-state index in [-0.39, 0.29) is 0 Å². The molecule has 0 radical (unpaired) electrons. The molecule has 19 heavy (non-hydrogen) atoms. The molecule has 0 aliphatic heterocycles. The maximum atomic E-state index is 6.08. The molecule has 1 N–H and O–H groups in total. The van der Waals surface area contributed by atoms with Crippen molar-refractivity contribution >= 4 is 0 Å². The van der Waals surface area contributed by atoms with Crippen molar-refractivity contribution in [2.45, 2.75) is 66.0 Å². The fraction of sp³-hybridized carbons (Fsp3) is 1.00. The highest BCUT2D eigenvalue weighted by Gasteiger charge is 2.38. The summed E-state index contributed by atoms with van der Waals surface area (Å²) in [5.41, 5.74) is 0.331. The first kappa shape index (κ1) is 16.9. The maximum absolute atomic E-state index is 6.08. The molecule has 1 aliphatic carbocycles. The molecule has 2 unspecified atom stereocenters. The van der Waals surface area contributed by atoms with Gasteiger partial charge >= 0.3 is 0 Å². The third-order valence-electron chi connectivity index (χ3n) is 3.96. The molecule has 0 spiro atoms. The number of hydrogen-bond acceptors (Lipinski definition) is 3. The largest absolute Gasteiger partial charge is 0.379 e. The highest BCUT2D eigenvalue weighted by Crippen LogP contribution is 2.36. The molecule has 0 bridgehead atoms. The average molecular weight is 271 g/mol. The smallest absolute Gasteiger partial charge is 0.0734 e. The second-order valence-electron chi connectivity index (χ2n) is 6.79. The Bertz CT molecular complexity index is 241. The van der Waals surface area contributed by atoms with Gasteiger partial charge in [-0.25, -0.2) is 0 Å². The van der Waals surface area contributed by atoms with Crippen LogP contribution < -0.4 is 5.32 Å². The zero-order valence-electron chi connectivity index (χ0n) is 13.5. The van der Waals surface area contributed by atoms with E-state index in [0.29, 0.717) is 30.1 Å². The third-order valence-corrected chi connectivity index (χ3v) is 3.96. The van der Waals surface area contributed by atoms with E-state index in [9.17, 15) is 0 Å². The minimum Gasteiger partial charge on any atom is -0.379 e. The number of nitrogens with one attached hydrogen (secondary N) is 1. The Hall–Kier alpha value is -0.120. The molecule has 1 saturated carbocycles. The van der Waals surface area contributed by atoms with Crippen molar-refractivity contribution in [2.24, 2.45) is 11.3 Å². The van der Waals surface area contributed by atoms with Crippen LogP contribution in [0.25, 0.3) is 0 Å². The van der Waals surface area contributed by atoms with Crippen molar-refractivity contribution in [3.8, 4) is 0 Å². The minimum absolute atomic E-state index is 0.331. The summed E-state index contributed by atoms with van der Waals surface area (Å²) >= 11 is 0. The molecule has 3 nitrogen and oxygen atoms in total. The van der Waals surface area contributed by atoms with E-state index in [4.69, 9.17) is 9.47 Å². The van der Waals surface area contributed by atoms with Gasteiger partial charge in [0, 0.05) is 12.6 Å². The Labute approximate surface area is 119 Å². The molecule has 1 aliphatic rings. The molecule has 0 aromatic heterocycles. The molecular weight excluding hydrogens is 238 g/mol. The van der Waals surface area contributed by atoms with Crippen LogP contribution in [-0.4, -0.2) is 38.5 Å². The van der Waals surface area contributed by atoms with Gasteiger partial charge in [-0.3, -0.25) is 0 Å². The fourth-order valence-corrected chi connectivity index (χ4v) is 2.97. The standard InChI is InChI=1S/C16H33NO2/c1-6-17-15-14(8-7-9-16(15,4)5)19-11-10-18-12-13(2)3/h13-15,17H,6-12H2,1-5H3. The number of likely N-dealkylation sites (N-methyl/N-ethyl adjacent to an activating group) is 1. The van der Waals surface area contributed by atoms with E-state index in [1.54, 1.807) is 0 Å². The molecule has 2 atom stereocenters. The highest BCUT2D eigenvalue weighted by atomic mass is 16.5. The third kappa shape index (κ3) is 5.80. The van der Waals surface area contributed by atoms with Gasteiger partial charge < -0.3 is 14.8 Å². The van der Waals surface area contributed by atoms with E-state index in [1.807, 2.05) is 0 Å². The summed E-state index contributed by atoms with van der Waals surface area (Å²) in [6.07, 6.45) is 4.07. The van der Waals surface area contributed by atoms with Crippen LogP contribution >= 0.6 is 0 Å². The van der Waals surface area contributed by atoms with Crippen LogP contribution in [0.1, 0.15) is 53.9 Å². The summed E-state index contributed by atoms with van der Waals surface area (Å²) in [6, 6.07) is 0.469. The van der Waals surface area contributed by atoms with Crippen LogP contribution in [0, 0.1) is 11.3 Å². The molecule has 0 amide bonds. The summed E-state index contributed by atoms with van der Waals surface area (Å²) in [5, 5.41) is 3.62. The fourth-order valence-electron chi connectivity index (χ4n) is 2.97. The Morgan fingerprint density at radius 1 is 1.26 bits per heavy atom. The predicted molar refractivity (Wildman–Crippen MR) is 80.5 cm³/mol. The van der Waals surface area contributed by atoms with Gasteiger partial charge in [0.1, 0.15) is 0 Å². The molecule has 0 saturated heterocycles. The summed E-state index contributed by atoms with van der Waals surface area (Å²) in [7, 11) is 0. The topological polar surface area (TPSA) is 30.5 Å². The van der Waals surface area contributed by atoms with E-state index >= 15 is 0 Å². The van der Waals surface area contributed by atoms with Crippen LogP contribution in [0.2, 0.25) is 0 Å². The van der Waals surface area contributed by atoms with Gasteiger partial charge in [0.15, 0.2) is 0 Å². The van der Waals surface area contributed by atoms with Crippen molar-refractivity contribution in [1.82, 2.24) is 5.32 Å². The minimum atomic E-state index is 0.331. The lowest BCUT2D eigenvalue weighted by atomic mass is 9.71. The number of ether oxygens (including phenoxy) is 2. The Kier molecular flexibility index (Phi) is 7.33. The lowest BCUT2D eigenvalue weighted by Gasteiger charge is -2.44. The second kappa shape index (κ2) is 8.23. The molecule has 114 valence electrons. The van der Waals surface area contributed by atoms with Crippen molar-refractivity contribution in [2.75, 3.05) is 26.4 Å². The van der Waals surface area contributed by atoms with Crippen LogP contribution in [0.3, 0.4) is 0 Å². The highest BCUT2D eigenvalue weighted by molar-refractivity contribution is 4.94. The zero-order chi connectivity index (χ0) is 14.3. The van der Waals surface area contributed by atoms with Gasteiger partial charge in [-0.1, -0.05) is 41.0 Å². The first-order valence-corrected chi connectivity index (χ1v) is 7.90. The van der Waals surface area contributed by atoms with Crippen molar-refractivity contribution in [3.63, 3.8) is 0 Å². The van der Waals surface area contributed by atoms with Gasteiger partial charge in [-0.05, 0) is 30.7 Å². The first-order chi connectivity index (χ1) is 8.97. The summed E-state index contributed by atoms with van der Waals surface area (Å²) in [6.45, 7) is 14.5. The van der Waals surface area contributed by atoms with Crippen molar-refractivity contribution < 1.29 is 9.47 Å². The molecule has 0 aromatic rings. The van der Waals surface area contributed by atoms with Crippen LogP contribution in [-0.2, 0) is 9.47 Å². The SMILES string of the molecule is CCNC1C(OCCOCC(C)C)CCCC1(C)C. The quantitative estimate of drug-likeness (QED) is 0.688. The summed E-state index contributed by atoms with van der Waals surface area (Å²) in [4.78, 5) is 0. The molecular formula is C16H33NO2. The Morgan fingerprint density at radius 3 is 2.63 bits per heavy atom.